The molecule has 2 heterocycles. The zero-order valence-corrected chi connectivity index (χ0v) is 13.4. The van der Waals surface area contributed by atoms with Crippen molar-refractivity contribution in [2.75, 3.05) is 10.6 Å². The molecule has 0 saturated heterocycles. The maximum Gasteiger partial charge on any atom is 0.253 e. The van der Waals surface area contributed by atoms with Gasteiger partial charge in [-0.2, -0.15) is 4.98 Å². The molecule has 2 aromatic carbocycles. The van der Waals surface area contributed by atoms with Crippen LogP contribution in [-0.4, -0.2) is 25.5 Å². The number of anilines is 3. The Labute approximate surface area is 141 Å². The molecule has 1 amide bonds. The molecule has 0 bridgehead atoms. The number of halogens is 1. The number of H-pyrrole nitrogens is 1. The average molecular weight is 341 g/mol. The summed E-state index contributed by atoms with van der Waals surface area (Å²) < 4.78 is 1.78. The minimum Gasteiger partial charge on any atom is -0.326 e. The zero-order chi connectivity index (χ0) is 16.7. The van der Waals surface area contributed by atoms with E-state index in [1.165, 1.54) is 6.92 Å². The number of fused-ring (bicyclic) bond motifs is 3. The van der Waals surface area contributed by atoms with Crippen LogP contribution in [0.4, 0.5) is 17.3 Å². The SMILES string of the molecule is CC(=O)Nc1cccc(Nc2nc3nc4cc(Cl)ccc4n3[nH]2)c1. The Balaban J connectivity index is 1.66. The Bertz CT molecular complexity index is 1070. The maximum atomic E-state index is 11.1. The number of aromatic amines is 1. The number of amides is 1. The molecule has 0 aliphatic carbocycles. The van der Waals surface area contributed by atoms with E-state index in [0.717, 1.165) is 16.7 Å². The molecule has 0 aliphatic rings. The summed E-state index contributed by atoms with van der Waals surface area (Å²) >= 11 is 5.98. The second-order valence-electron chi connectivity index (χ2n) is 5.34. The molecule has 8 heteroatoms. The van der Waals surface area contributed by atoms with Gasteiger partial charge in [0, 0.05) is 23.3 Å². The Morgan fingerprint density at radius 3 is 2.83 bits per heavy atom. The minimum atomic E-state index is -0.117. The van der Waals surface area contributed by atoms with E-state index in [2.05, 4.69) is 25.7 Å². The summed E-state index contributed by atoms with van der Waals surface area (Å²) in [5.41, 5.74) is 3.18. The molecule has 0 atom stereocenters. The minimum absolute atomic E-state index is 0.117. The molecular weight excluding hydrogens is 328 g/mol. The van der Waals surface area contributed by atoms with E-state index in [1.807, 2.05) is 36.4 Å². The number of aromatic nitrogens is 4. The molecule has 0 aliphatic heterocycles. The zero-order valence-electron chi connectivity index (χ0n) is 12.7. The highest BCUT2D eigenvalue weighted by Gasteiger charge is 2.10. The molecule has 0 radical (unpaired) electrons. The number of rotatable bonds is 3. The summed E-state index contributed by atoms with van der Waals surface area (Å²) in [5, 5.41) is 9.69. The van der Waals surface area contributed by atoms with E-state index in [1.54, 1.807) is 10.6 Å². The Hall–Kier alpha value is -3.06. The molecule has 2 aromatic heterocycles. The summed E-state index contributed by atoms with van der Waals surface area (Å²) in [7, 11) is 0. The largest absolute Gasteiger partial charge is 0.326 e. The van der Waals surface area contributed by atoms with Gasteiger partial charge >= 0.3 is 0 Å². The molecule has 4 rings (SSSR count). The van der Waals surface area contributed by atoms with Crippen molar-refractivity contribution < 1.29 is 4.79 Å². The lowest BCUT2D eigenvalue weighted by Crippen LogP contribution is -2.05. The number of carbonyl (C=O) groups is 1. The summed E-state index contributed by atoms with van der Waals surface area (Å²) in [6, 6.07) is 12.9. The van der Waals surface area contributed by atoms with Gasteiger partial charge in [-0.05, 0) is 36.4 Å². The fraction of sp³-hybridized carbons (Fsp3) is 0.0625. The first kappa shape index (κ1) is 14.5. The topological polar surface area (TPSA) is 87.1 Å². The van der Waals surface area contributed by atoms with E-state index < -0.39 is 0 Å². The van der Waals surface area contributed by atoms with Crippen LogP contribution >= 0.6 is 11.6 Å². The lowest BCUT2D eigenvalue weighted by atomic mass is 10.3. The molecular formula is C16H13ClN6O. The van der Waals surface area contributed by atoms with Crippen LogP contribution in [0.15, 0.2) is 42.5 Å². The quantitative estimate of drug-likeness (QED) is 0.532. The molecule has 4 aromatic rings. The van der Waals surface area contributed by atoms with Crippen molar-refractivity contribution in [3.63, 3.8) is 0 Å². The number of carbonyl (C=O) groups excluding carboxylic acids is 1. The molecule has 0 unspecified atom stereocenters. The highest BCUT2D eigenvalue weighted by atomic mass is 35.5. The van der Waals surface area contributed by atoms with Gasteiger partial charge < -0.3 is 10.6 Å². The van der Waals surface area contributed by atoms with Gasteiger partial charge in [0.25, 0.3) is 5.78 Å². The van der Waals surface area contributed by atoms with Gasteiger partial charge in [0.15, 0.2) is 0 Å². The predicted molar refractivity (Wildman–Crippen MR) is 93.9 cm³/mol. The Kier molecular flexibility index (Phi) is 3.35. The second-order valence-corrected chi connectivity index (χ2v) is 5.78. The van der Waals surface area contributed by atoms with Crippen LogP contribution in [0.3, 0.4) is 0 Å². The summed E-state index contributed by atoms with van der Waals surface area (Å²) in [4.78, 5) is 20.0. The molecule has 24 heavy (non-hydrogen) atoms. The predicted octanol–water partition coefficient (Wildman–Crippen LogP) is 3.57. The maximum absolute atomic E-state index is 11.1. The van der Waals surface area contributed by atoms with Crippen molar-refractivity contribution in [3.8, 4) is 0 Å². The first-order valence-electron chi connectivity index (χ1n) is 7.27. The lowest BCUT2D eigenvalue weighted by Gasteiger charge is -2.06. The number of hydrogen-bond donors (Lipinski definition) is 3. The van der Waals surface area contributed by atoms with Crippen molar-refractivity contribution >= 4 is 51.6 Å². The van der Waals surface area contributed by atoms with Crippen LogP contribution in [0.2, 0.25) is 5.02 Å². The van der Waals surface area contributed by atoms with Gasteiger partial charge in [-0.25, -0.2) is 9.50 Å². The Morgan fingerprint density at radius 1 is 1.17 bits per heavy atom. The van der Waals surface area contributed by atoms with Crippen LogP contribution in [0, 0.1) is 0 Å². The van der Waals surface area contributed by atoms with Gasteiger partial charge in [0.2, 0.25) is 11.9 Å². The van der Waals surface area contributed by atoms with Crippen LogP contribution in [0.5, 0.6) is 0 Å². The molecule has 3 N–H and O–H groups in total. The van der Waals surface area contributed by atoms with Gasteiger partial charge in [-0.3, -0.25) is 9.89 Å². The molecule has 7 nitrogen and oxygen atoms in total. The molecule has 0 fully saturated rings. The first-order valence-corrected chi connectivity index (χ1v) is 7.65. The smallest absolute Gasteiger partial charge is 0.253 e. The van der Waals surface area contributed by atoms with Crippen LogP contribution in [0.25, 0.3) is 16.8 Å². The van der Waals surface area contributed by atoms with E-state index in [9.17, 15) is 4.79 Å². The van der Waals surface area contributed by atoms with E-state index >= 15 is 0 Å². The number of nitrogens with zero attached hydrogens (tertiary/aromatic N) is 3. The van der Waals surface area contributed by atoms with E-state index in [0.29, 0.717) is 22.4 Å². The third kappa shape index (κ3) is 2.65. The molecule has 0 saturated carbocycles. The van der Waals surface area contributed by atoms with Crippen molar-refractivity contribution in [3.05, 3.63) is 47.5 Å². The third-order valence-corrected chi connectivity index (χ3v) is 3.71. The first-order chi connectivity index (χ1) is 11.6. The summed E-state index contributed by atoms with van der Waals surface area (Å²) in [5.74, 6) is 0.982. The lowest BCUT2D eigenvalue weighted by molar-refractivity contribution is -0.114. The van der Waals surface area contributed by atoms with Crippen molar-refractivity contribution in [2.45, 2.75) is 6.92 Å². The second kappa shape index (κ2) is 5.54. The van der Waals surface area contributed by atoms with Gasteiger partial charge in [0.1, 0.15) is 0 Å². The van der Waals surface area contributed by atoms with Crippen molar-refractivity contribution in [2.24, 2.45) is 0 Å². The monoisotopic (exact) mass is 340 g/mol. The number of nitrogens with one attached hydrogen (secondary N) is 3. The number of benzene rings is 2. The molecule has 0 spiro atoms. The average Bonchev–Trinajstić information content (AvgIpc) is 3.03. The van der Waals surface area contributed by atoms with Gasteiger partial charge in [0.05, 0.1) is 11.0 Å². The standard InChI is InChI=1S/C16H13ClN6O/c1-9(24)18-11-3-2-4-12(8-11)19-15-21-16-20-13-7-10(17)5-6-14(13)23(16)22-15/h2-8H,1H3,(H,18,24)(H2,19,20,21,22). The van der Waals surface area contributed by atoms with Crippen LogP contribution < -0.4 is 10.6 Å². The normalized spacial score (nSPS) is 11.1. The summed E-state index contributed by atoms with van der Waals surface area (Å²) in [6.07, 6.45) is 0. The Morgan fingerprint density at radius 2 is 2.00 bits per heavy atom. The van der Waals surface area contributed by atoms with E-state index in [4.69, 9.17) is 11.6 Å². The van der Waals surface area contributed by atoms with E-state index in [-0.39, 0.29) is 5.91 Å². The van der Waals surface area contributed by atoms with Gasteiger partial charge in [-0.15, -0.1) is 0 Å². The van der Waals surface area contributed by atoms with Crippen molar-refractivity contribution in [1.29, 1.82) is 0 Å². The third-order valence-electron chi connectivity index (χ3n) is 3.47. The highest BCUT2D eigenvalue weighted by Crippen LogP contribution is 2.22. The van der Waals surface area contributed by atoms with Gasteiger partial charge in [-0.1, -0.05) is 17.7 Å². The summed E-state index contributed by atoms with van der Waals surface area (Å²) in [6.45, 7) is 1.47. The van der Waals surface area contributed by atoms with Crippen LogP contribution in [0.1, 0.15) is 6.92 Å². The number of imidazole rings is 1. The fourth-order valence-electron chi connectivity index (χ4n) is 2.53. The van der Waals surface area contributed by atoms with Crippen molar-refractivity contribution in [1.82, 2.24) is 19.6 Å². The number of hydrogen-bond acceptors (Lipinski definition) is 4. The highest BCUT2D eigenvalue weighted by molar-refractivity contribution is 6.31. The molecule has 120 valence electrons. The fourth-order valence-corrected chi connectivity index (χ4v) is 2.69. The van der Waals surface area contributed by atoms with Crippen LogP contribution in [-0.2, 0) is 4.79 Å².